The predicted molar refractivity (Wildman–Crippen MR) is 132 cm³/mol. The Hall–Kier alpha value is -2.91. The van der Waals surface area contributed by atoms with E-state index in [1.165, 1.54) is 4.90 Å². The van der Waals surface area contributed by atoms with Crippen LogP contribution in [0.25, 0.3) is 0 Å². The van der Waals surface area contributed by atoms with Gasteiger partial charge in [0.15, 0.2) is 0 Å². The van der Waals surface area contributed by atoms with Crippen molar-refractivity contribution in [1.82, 2.24) is 4.90 Å². The monoisotopic (exact) mass is 500 g/mol. The molecule has 9 nitrogen and oxygen atoms in total. The van der Waals surface area contributed by atoms with E-state index in [0.717, 1.165) is 0 Å². The fourth-order valence-corrected chi connectivity index (χ4v) is 6.22. The van der Waals surface area contributed by atoms with Gasteiger partial charge in [-0.05, 0) is 49.9 Å². The Balaban J connectivity index is 1.81. The van der Waals surface area contributed by atoms with E-state index in [1.807, 2.05) is 13.8 Å². The van der Waals surface area contributed by atoms with E-state index in [0.29, 0.717) is 24.3 Å². The van der Waals surface area contributed by atoms with Gasteiger partial charge < -0.3 is 29.1 Å². The van der Waals surface area contributed by atoms with Gasteiger partial charge in [0.2, 0.25) is 5.91 Å². The summed E-state index contributed by atoms with van der Waals surface area (Å²) in [5, 5.41) is 10.3. The lowest BCUT2D eigenvalue weighted by Crippen LogP contribution is -2.59. The Bertz CT molecular complexity index is 1010. The summed E-state index contributed by atoms with van der Waals surface area (Å²) in [5.41, 5.74) is -0.544. The highest BCUT2D eigenvalue weighted by atomic mass is 16.6. The summed E-state index contributed by atoms with van der Waals surface area (Å²) in [6, 6.07) is 5.46. The molecule has 3 fully saturated rings. The van der Waals surface area contributed by atoms with Crippen LogP contribution in [0, 0.1) is 17.8 Å². The second kappa shape index (κ2) is 10.2. The first kappa shape index (κ1) is 26.2. The average Bonchev–Trinajstić information content (AvgIpc) is 3.50. The molecule has 9 heteroatoms. The molecule has 3 saturated heterocycles. The highest BCUT2D eigenvalue weighted by Crippen LogP contribution is 2.59. The van der Waals surface area contributed by atoms with Crippen molar-refractivity contribution >= 4 is 23.5 Å². The van der Waals surface area contributed by atoms with Gasteiger partial charge in [-0.15, -0.1) is 6.58 Å². The Morgan fingerprint density at radius 3 is 2.58 bits per heavy atom. The number of esters is 1. The van der Waals surface area contributed by atoms with Crippen molar-refractivity contribution in [3.8, 4) is 5.75 Å². The van der Waals surface area contributed by atoms with Gasteiger partial charge in [0.05, 0.1) is 44.3 Å². The lowest BCUT2D eigenvalue weighted by atomic mass is 9.70. The number of carbonyl (C=O) groups excluding carboxylic acids is 3. The Labute approximate surface area is 212 Å². The number of amides is 2. The lowest BCUT2D eigenvalue weighted by Gasteiger charge is -2.40. The van der Waals surface area contributed by atoms with E-state index >= 15 is 0 Å². The van der Waals surface area contributed by atoms with Gasteiger partial charge in [-0.1, -0.05) is 19.9 Å². The fourth-order valence-electron chi connectivity index (χ4n) is 6.22. The van der Waals surface area contributed by atoms with Crippen LogP contribution in [0.2, 0.25) is 0 Å². The quantitative estimate of drug-likeness (QED) is 0.388. The van der Waals surface area contributed by atoms with Gasteiger partial charge in [0.1, 0.15) is 17.4 Å². The van der Waals surface area contributed by atoms with Gasteiger partial charge in [-0.25, -0.2) is 0 Å². The van der Waals surface area contributed by atoms with Crippen molar-refractivity contribution in [2.45, 2.75) is 57.4 Å². The molecule has 4 rings (SSSR count). The number of rotatable bonds is 10. The van der Waals surface area contributed by atoms with Crippen LogP contribution in [-0.2, 0) is 23.9 Å². The number of hydrogen-bond acceptors (Lipinski definition) is 7. The number of aliphatic hydroxyl groups excluding tert-OH is 1. The van der Waals surface area contributed by atoms with E-state index in [9.17, 15) is 19.5 Å². The number of anilines is 1. The molecule has 2 amide bonds. The molecule has 2 bridgehead atoms. The molecule has 36 heavy (non-hydrogen) atoms. The van der Waals surface area contributed by atoms with Crippen LogP contribution in [0.5, 0.6) is 5.75 Å². The van der Waals surface area contributed by atoms with Crippen LogP contribution >= 0.6 is 0 Å². The molecule has 1 aromatic rings. The van der Waals surface area contributed by atoms with Crippen LogP contribution in [0.3, 0.4) is 0 Å². The molecule has 0 aliphatic carbocycles. The Morgan fingerprint density at radius 2 is 2.03 bits per heavy atom. The zero-order chi connectivity index (χ0) is 26.2. The lowest BCUT2D eigenvalue weighted by molar-refractivity contribution is -0.155. The molecule has 0 unspecified atom stereocenters. The summed E-state index contributed by atoms with van der Waals surface area (Å²) in [6.45, 7) is 9.42. The molecule has 1 N–H and O–H groups in total. The summed E-state index contributed by atoms with van der Waals surface area (Å²) in [5.74, 6) is -2.23. The molecular formula is C27H36N2O7. The highest BCUT2D eigenvalue weighted by Gasteiger charge is 2.75. The summed E-state index contributed by atoms with van der Waals surface area (Å²) in [7, 11) is 1.57. The van der Waals surface area contributed by atoms with E-state index in [4.69, 9.17) is 14.2 Å². The maximum atomic E-state index is 14.4. The van der Waals surface area contributed by atoms with E-state index < -0.39 is 41.6 Å². The number of carbonyl (C=O) groups is 3. The molecule has 1 aromatic carbocycles. The second-order valence-electron chi connectivity index (χ2n) is 9.98. The molecule has 0 aromatic heterocycles. The van der Waals surface area contributed by atoms with Gasteiger partial charge >= 0.3 is 5.97 Å². The number of fused-ring (bicyclic) bond motifs is 1. The molecule has 6 atom stereocenters. The number of hydrogen-bond donors (Lipinski definition) is 1. The topological polar surface area (TPSA) is 106 Å². The van der Waals surface area contributed by atoms with Crippen molar-refractivity contribution in [2.24, 2.45) is 17.8 Å². The van der Waals surface area contributed by atoms with Gasteiger partial charge in [0, 0.05) is 12.2 Å². The maximum absolute atomic E-state index is 14.4. The minimum atomic E-state index is -1.16. The molecule has 0 radical (unpaired) electrons. The third kappa shape index (κ3) is 3.98. The van der Waals surface area contributed by atoms with Gasteiger partial charge in [0.25, 0.3) is 5.91 Å². The van der Waals surface area contributed by atoms with Crippen molar-refractivity contribution in [1.29, 1.82) is 0 Å². The van der Waals surface area contributed by atoms with Crippen molar-refractivity contribution in [3.63, 3.8) is 0 Å². The van der Waals surface area contributed by atoms with Crippen LogP contribution in [0.4, 0.5) is 5.69 Å². The molecule has 3 aliphatic rings. The number of benzene rings is 1. The van der Waals surface area contributed by atoms with Crippen LogP contribution in [0.15, 0.2) is 36.9 Å². The first-order valence-corrected chi connectivity index (χ1v) is 12.6. The van der Waals surface area contributed by atoms with Crippen molar-refractivity contribution in [2.75, 3.05) is 31.8 Å². The summed E-state index contributed by atoms with van der Waals surface area (Å²) in [4.78, 5) is 44.4. The minimum Gasteiger partial charge on any atom is -0.497 e. The fraction of sp³-hybridized carbons (Fsp3) is 0.593. The largest absolute Gasteiger partial charge is 0.497 e. The molecule has 3 heterocycles. The number of ether oxygens (including phenoxy) is 3. The molecule has 0 saturated carbocycles. The van der Waals surface area contributed by atoms with Crippen molar-refractivity contribution < 1.29 is 33.7 Å². The highest BCUT2D eigenvalue weighted by molar-refractivity contribution is 6.04. The third-order valence-electron chi connectivity index (χ3n) is 7.81. The van der Waals surface area contributed by atoms with E-state index in [1.54, 1.807) is 49.3 Å². The Morgan fingerprint density at radius 1 is 1.33 bits per heavy atom. The standard InChI is InChI=1S/C27H36N2O7/c1-6-14-28(17-8-10-18(34-5)11-9-17)25(32)23-27-13-12-20(36-27)21(26(33)35-7-2)22(27)24(31)29(23)19(15-30)16(3)4/h6,8-11,16,19-23,30H,1,7,12-15H2,2-5H3/t19-,20-,21+,22+,23-,27+/m0/s1. The Kier molecular flexibility index (Phi) is 7.43. The SMILES string of the molecule is C=CCN(C(=O)[C@@H]1N([C@@H](CO)C(C)C)C(=O)[C@H]2[C@H](C(=O)OCC)[C@@H]3CC[C@]12O3)c1ccc(OC)cc1. The molecular weight excluding hydrogens is 464 g/mol. The van der Waals surface area contributed by atoms with E-state index in [-0.39, 0.29) is 37.5 Å². The van der Waals surface area contributed by atoms with Crippen LogP contribution < -0.4 is 9.64 Å². The summed E-state index contributed by atoms with van der Waals surface area (Å²) >= 11 is 0. The number of aliphatic hydroxyl groups is 1. The normalized spacial score (nSPS) is 29.3. The van der Waals surface area contributed by atoms with Crippen molar-refractivity contribution in [3.05, 3.63) is 36.9 Å². The third-order valence-corrected chi connectivity index (χ3v) is 7.81. The summed E-state index contributed by atoms with van der Waals surface area (Å²) < 4.78 is 17.0. The first-order chi connectivity index (χ1) is 17.2. The second-order valence-corrected chi connectivity index (χ2v) is 9.98. The molecule has 196 valence electrons. The zero-order valence-electron chi connectivity index (χ0n) is 21.4. The van der Waals surface area contributed by atoms with Gasteiger partial charge in [-0.2, -0.15) is 0 Å². The minimum absolute atomic E-state index is 0.128. The smallest absolute Gasteiger partial charge is 0.312 e. The van der Waals surface area contributed by atoms with Crippen LogP contribution in [-0.4, -0.2) is 78.4 Å². The number of nitrogens with zero attached hydrogens (tertiary/aromatic N) is 2. The summed E-state index contributed by atoms with van der Waals surface area (Å²) in [6.07, 6.45) is 2.17. The zero-order valence-corrected chi connectivity index (χ0v) is 21.4. The van der Waals surface area contributed by atoms with Crippen LogP contribution in [0.1, 0.15) is 33.6 Å². The van der Waals surface area contributed by atoms with E-state index in [2.05, 4.69) is 6.58 Å². The predicted octanol–water partition coefficient (Wildman–Crippen LogP) is 2.17. The first-order valence-electron chi connectivity index (χ1n) is 12.6. The molecule has 1 spiro atoms. The van der Waals surface area contributed by atoms with Gasteiger partial charge in [-0.3, -0.25) is 14.4 Å². The number of likely N-dealkylation sites (tertiary alicyclic amines) is 1. The maximum Gasteiger partial charge on any atom is 0.312 e. The number of methoxy groups -OCH3 is 1. The average molecular weight is 501 g/mol. The molecule has 3 aliphatic heterocycles.